The molecule has 3 unspecified atom stereocenters. The van der Waals surface area contributed by atoms with Crippen molar-refractivity contribution in [1.29, 1.82) is 0 Å². The monoisotopic (exact) mass is 340 g/mol. The van der Waals surface area contributed by atoms with Crippen LogP contribution in [-0.4, -0.2) is 72.0 Å². The molecular formula is C15H24N4O5. The van der Waals surface area contributed by atoms with Gasteiger partial charge in [0, 0.05) is 25.6 Å². The van der Waals surface area contributed by atoms with Crippen molar-refractivity contribution in [1.82, 2.24) is 20.9 Å². The van der Waals surface area contributed by atoms with Gasteiger partial charge in [0.15, 0.2) is 0 Å². The number of amides is 4. The van der Waals surface area contributed by atoms with Gasteiger partial charge in [-0.05, 0) is 19.8 Å². The van der Waals surface area contributed by atoms with Crippen LogP contribution >= 0.6 is 0 Å². The SMILES string of the molecule is CC1NC(=O)CC(CO)C(=O)N2CCCC(C2)NC(=O)CNC1=O. The van der Waals surface area contributed by atoms with Crippen LogP contribution in [0.1, 0.15) is 26.2 Å². The van der Waals surface area contributed by atoms with Crippen LogP contribution in [0.15, 0.2) is 0 Å². The van der Waals surface area contributed by atoms with Crippen molar-refractivity contribution in [2.45, 2.75) is 38.3 Å². The molecule has 0 aromatic heterocycles. The molecule has 0 aromatic carbocycles. The Bertz CT molecular complexity index is 524. The first-order valence-electron chi connectivity index (χ1n) is 8.16. The molecule has 134 valence electrons. The number of nitrogens with zero attached hydrogens (tertiary/aromatic N) is 1. The molecular weight excluding hydrogens is 316 g/mol. The molecule has 24 heavy (non-hydrogen) atoms. The van der Waals surface area contributed by atoms with Crippen molar-refractivity contribution < 1.29 is 24.3 Å². The predicted octanol–water partition coefficient (Wildman–Crippen LogP) is -2.27. The topological polar surface area (TPSA) is 128 Å². The van der Waals surface area contributed by atoms with Gasteiger partial charge in [0.25, 0.3) is 0 Å². The average molecular weight is 340 g/mol. The normalized spacial score (nSPS) is 30.1. The van der Waals surface area contributed by atoms with Crippen LogP contribution < -0.4 is 16.0 Å². The Hall–Kier alpha value is -2.16. The highest BCUT2D eigenvalue weighted by Gasteiger charge is 2.31. The van der Waals surface area contributed by atoms with Gasteiger partial charge in [0.1, 0.15) is 6.04 Å². The van der Waals surface area contributed by atoms with Crippen molar-refractivity contribution in [2.24, 2.45) is 5.92 Å². The summed E-state index contributed by atoms with van der Waals surface area (Å²) in [4.78, 5) is 49.9. The molecule has 2 heterocycles. The van der Waals surface area contributed by atoms with E-state index in [9.17, 15) is 24.3 Å². The third-order valence-corrected chi connectivity index (χ3v) is 4.29. The van der Waals surface area contributed by atoms with Crippen LogP contribution in [0.4, 0.5) is 0 Å². The predicted molar refractivity (Wildman–Crippen MR) is 83.6 cm³/mol. The lowest BCUT2D eigenvalue weighted by molar-refractivity contribution is -0.142. The van der Waals surface area contributed by atoms with Crippen LogP contribution in [0, 0.1) is 5.92 Å². The van der Waals surface area contributed by atoms with Gasteiger partial charge >= 0.3 is 0 Å². The van der Waals surface area contributed by atoms with E-state index in [0.717, 1.165) is 12.8 Å². The maximum Gasteiger partial charge on any atom is 0.242 e. The number of aliphatic hydroxyl groups excluding tert-OH is 1. The summed E-state index contributed by atoms with van der Waals surface area (Å²) in [5.41, 5.74) is 0. The summed E-state index contributed by atoms with van der Waals surface area (Å²) in [7, 11) is 0. The molecule has 2 rings (SSSR count). The molecule has 4 amide bonds. The Kier molecular flexibility index (Phi) is 6.13. The van der Waals surface area contributed by atoms with Gasteiger partial charge in [-0.15, -0.1) is 0 Å². The molecule has 2 bridgehead atoms. The van der Waals surface area contributed by atoms with Crippen LogP contribution in [0.2, 0.25) is 0 Å². The molecule has 0 saturated carbocycles. The molecule has 2 aliphatic rings. The lowest BCUT2D eigenvalue weighted by Crippen LogP contribution is -2.55. The molecule has 0 aliphatic carbocycles. The summed E-state index contributed by atoms with van der Waals surface area (Å²) < 4.78 is 0. The van der Waals surface area contributed by atoms with Gasteiger partial charge in [-0.25, -0.2) is 0 Å². The third kappa shape index (κ3) is 4.67. The van der Waals surface area contributed by atoms with Crippen LogP contribution in [0.5, 0.6) is 0 Å². The highest BCUT2D eigenvalue weighted by molar-refractivity contribution is 5.92. The number of carbonyl (C=O) groups is 4. The summed E-state index contributed by atoms with van der Waals surface area (Å²) in [6.07, 6.45) is 1.29. The molecule has 2 fully saturated rings. The van der Waals surface area contributed by atoms with E-state index >= 15 is 0 Å². The molecule has 4 N–H and O–H groups in total. The van der Waals surface area contributed by atoms with Gasteiger partial charge in [0.2, 0.25) is 23.6 Å². The summed E-state index contributed by atoms with van der Waals surface area (Å²) in [6, 6.07) is -1.02. The van der Waals surface area contributed by atoms with E-state index in [4.69, 9.17) is 0 Å². The molecule has 9 nitrogen and oxygen atoms in total. The smallest absolute Gasteiger partial charge is 0.242 e. The molecule has 2 saturated heterocycles. The Morgan fingerprint density at radius 1 is 1.17 bits per heavy atom. The van der Waals surface area contributed by atoms with E-state index in [1.165, 1.54) is 6.92 Å². The van der Waals surface area contributed by atoms with Gasteiger partial charge < -0.3 is 26.0 Å². The minimum Gasteiger partial charge on any atom is -0.396 e. The third-order valence-electron chi connectivity index (χ3n) is 4.29. The average Bonchev–Trinajstić information content (AvgIpc) is 2.56. The zero-order valence-corrected chi connectivity index (χ0v) is 13.7. The van der Waals surface area contributed by atoms with Gasteiger partial charge in [0.05, 0.1) is 19.1 Å². The summed E-state index contributed by atoms with van der Waals surface area (Å²) in [6.45, 7) is 1.75. The number of piperidine rings is 1. The molecule has 0 radical (unpaired) electrons. The van der Waals surface area contributed by atoms with Gasteiger partial charge in [-0.2, -0.15) is 0 Å². The van der Waals surface area contributed by atoms with Crippen LogP contribution in [-0.2, 0) is 19.2 Å². The number of aliphatic hydroxyl groups is 1. The first-order valence-corrected chi connectivity index (χ1v) is 8.16. The van der Waals surface area contributed by atoms with Crippen molar-refractivity contribution in [2.75, 3.05) is 26.2 Å². The fraction of sp³-hybridized carbons (Fsp3) is 0.733. The first-order chi connectivity index (χ1) is 11.4. The largest absolute Gasteiger partial charge is 0.396 e. The second-order valence-corrected chi connectivity index (χ2v) is 6.28. The van der Waals surface area contributed by atoms with E-state index in [1.54, 1.807) is 4.90 Å². The summed E-state index contributed by atoms with van der Waals surface area (Å²) in [5, 5.41) is 17.2. The zero-order chi connectivity index (χ0) is 17.7. The fourth-order valence-corrected chi connectivity index (χ4v) is 2.97. The number of fused-ring (bicyclic) bond motifs is 2. The minimum absolute atomic E-state index is 0.178. The molecule has 0 aromatic rings. The number of hydrogen-bond donors (Lipinski definition) is 4. The highest BCUT2D eigenvalue weighted by Crippen LogP contribution is 2.15. The van der Waals surface area contributed by atoms with Crippen LogP contribution in [0.3, 0.4) is 0 Å². The van der Waals surface area contributed by atoms with Crippen molar-refractivity contribution >= 4 is 23.6 Å². The number of rotatable bonds is 1. The second kappa shape index (κ2) is 8.09. The van der Waals surface area contributed by atoms with E-state index in [-0.39, 0.29) is 30.8 Å². The number of carbonyl (C=O) groups excluding carboxylic acids is 4. The lowest BCUT2D eigenvalue weighted by atomic mass is 10.00. The Labute approximate surface area is 140 Å². The summed E-state index contributed by atoms with van der Waals surface area (Å²) >= 11 is 0. The fourth-order valence-electron chi connectivity index (χ4n) is 2.97. The maximum absolute atomic E-state index is 12.5. The summed E-state index contributed by atoms with van der Waals surface area (Å²) in [5.74, 6) is -2.46. The first kappa shape index (κ1) is 18.2. The lowest BCUT2D eigenvalue weighted by Gasteiger charge is -2.35. The van der Waals surface area contributed by atoms with E-state index in [1.807, 2.05) is 0 Å². The van der Waals surface area contributed by atoms with Crippen LogP contribution in [0.25, 0.3) is 0 Å². The minimum atomic E-state index is -0.849. The Morgan fingerprint density at radius 2 is 1.92 bits per heavy atom. The highest BCUT2D eigenvalue weighted by atomic mass is 16.3. The van der Waals surface area contributed by atoms with Gasteiger partial charge in [-0.1, -0.05) is 0 Å². The second-order valence-electron chi connectivity index (χ2n) is 6.28. The molecule has 0 spiro atoms. The Morgan fingerprint density at radius 3 is 2.62 bits per heavy atom. The number of nitrogens with one attached hydrogen (secondary N) is 3. The quantitative estimate of drug-likeness (QED) is 0.428. The van der Waals surface area contributed by atoms with E-state index < -0.39 is 30.4 Å². The van der Waals surface area contributed by atoms with E-state index in [0.29, 0.717) is 13.1 Å². The standard InChI is InChI=1S/C15H24N4O5/c1-9-14(23)16-6-13(22)18-11-3-2-4-19(7-11)15(24)10(8-20)5-12(21)17-9/h9-11,20H,2-8H2,1H3,(H,16,23)(H,17,21)(H,18,22). The van der Waals surface area contributed by atoms with Crippen molar-refractivity contribution in [3.63, 3.8) is 0 Å². The van der Waals surface area contributed by atoms with Crippen molar-refractivity contribution in [3.8, 4) is 0 Å². The molecule has 2 aliphatic heterocycles. The molecule has 9 heteroatoms. The van der Waals surface area contributed by atoms with E-state index in [2.05, 4.69) is 16.0 Å². The zero-order valence-electron chi connectivity index (χ0n) is 13.7. The van der Waals surface area contributed by atoms with Gasteiger partial charge in [-0.3, -0.25) is 19.2 Å². The maximum atomic E-state index is 12.5. The Balaban J connectivity index is 2.16. The number of hydrogen-bond acceptors (Lipinski definition) is 5. The van der Waals surface area contributed by atoms with Crippen molar-refractivity contribution in [3.05, 3.63) is 0 Å². The molecule has 3 atom stereocenters.